The van der Waals surface area contributed by atoms with Crippen LogP contribution in [0.2, 0.25) is 0 Å². The molecule has 18 heavy (non-hydrogen) atoms. The minimum Gasteiger partial charge on any atom is -0.326 e. The zero-order chi connectivity index (χ0) is 13.9. The molecule has 0 spiro atoms. The average molecular weight is 274 g/mol. The SMILES string of the molecule is CC(C)C(C)NS(=O)(=O)c1cc(CN)ccc1F. The molecule has 0 heterocycles. The van der Waals surface area contributed by atoms with E-state index in [0.717, 1.165) is 6.07 Å². The van der Waals surface area contributed by atoms with E-state index in [9.17, 15) is 12.8 Å². The molecule has 1 atom stereocenters. The highest BCUT2D eigenvalue weighted by atomic mass is 32.2. The Morgan fingerprint density at radius 1 is 1.33 bits per heavy atom. The van der Waals surface area contributed by atoms with E-state index >= 15 is 0 Å². The van der Waals surface area contributed by atoms with Gasteiger partial charge >= 0.3 is 0 Å². The summed E-state index contributed by atoms with van der Waals surface area (Å²) in [7, 11) is -3.85. The van der Waals surface area contributed by atoms with Crippen LogP contribution in [0, 0.1) is 11.7 Å². The Balaban J connectivity index is 3.12. The fourth-order valence-corrected chi connectivity index (χ4v) is 2.84. The molecule has 0 aliphatic carbocycles. The van der Waals surface area contributed by atoms with Gasteiger partial charge in [0.2, 0.25) is 10.0 Å². The maximum atomic E-state index is 13.6. The monoisotopic (exact) mass is 274 g/mol. The molecular formula is C12H19FN2O2S. The molecule has 1 unspecified atom stereocenters. The molecular weight excluding hydrogens is 255 g/mol. The van der Waals surface area contributed by atoms with Crippen LogP contribution in [0.1, 0.15) is 26.3 Å². The first-order valence-electron chi connectivity index (χ1n) is 5.78. The molecule has 4 nitrogen and oxygen atoms in total. The van der Waals surface area contributed by atoms with Crippen molar-refractivity contribution in [2.45, 2.75) is 38.3 Å². The third-order valence-corrected chi connectivity index (χ3v) is 4.44. The van der Waals surface area contributed by atoms with Gasteiger partial charge in [-0.25, -0.2) is 17.5 Å². The van der Waals surface area contributed by atoms with Gasteiger partial charge in [-0.1, -0.05) is 19.9 Å². The zero-order valence-corrected chi connectivity index (χ0v) is 11.6. The van der Waals surface area contributed by atoms with E-state index < -0.39 is 15.8 Å². The first-order chi connectivity index (χ1) is 8.27. The van der Waals surface area contributed by atoms with Crippen molar-refractivity contribution in [2.75, 3.05) is 0 Å². The van der Waals surface area contributed by atoms with Gasteiger partial charge in [0.1, 0.15) is 10.7 Å². The van der Waals surface area contributed by atoms with Crippen molar-refractivity contribution in [2.24, 2.45) is 11.7 Å². The van der Waals surface area contributed by atoms with E-state index in [1.807, 2.05) is 13.8 Å². The van der Waals surface area contributed by atoms with Gasteiger partial charge in [-0.15, -0.1) is 0 Å². The minimum atomic E-state index is -3.85. The maximum absolute atomic E-state index is 13.6. The third kappa shape index (κ3) is 3.51. The Morgan fingerprint density at radius 2 is 1.94 bits per heavy atom. The van der Waals surface area contributed by atoms with Gasteiger partial charge in [-0.05, 0) is 30.5 Å². The van der Waals surface area contributed by atoms with Crippen molar-refractivity contribution >= 4 is 10.0 Å². The van der Waals surface area contributed by atoms with Gasteiger partial charge in [0.05, 0.1) is 0 Å². The Hall–Kier alpha value is -0.980. The zero-order valence-electron chi connectivity index (χ0n) is 10.8. The molecule has 0 amide bonds. The van der Waals surface area contributed by atoms with E-state index in [1.54, 1.807) is 6.92 Å². The Kier molecular flexibility index (Phi) is 4.84. The summed E-state index contributed by atoms with van der Waals surface area (Å²) in [5.41, 5.74) is 6.00. The lowest BCUT2D eigenvalue weighted by Gasteiger charge is -2.18. The van der Waals surface area contributed by atoms with E-state index in [2.05, 4.69) is 4.72 Å². The van der Waals surface area contributed by atoms with Gasteiger partial charge in [0.15, 0.2) is 0 Å². The highest BCUT2D eigenvalue weighted by Crippen LogP contribution is 2.17. The second kappa shape index (κ2) is 5.77. The van der Waals surface area contributed by atoms with E-state index in [-0.39, 0.29) is 23.4 Å². The Bertz CT molecular complexity index is 515. The third-order valence-electron chi connectivity index (χ3n) is 2.86. The Labute approximate surface area is 107 Å². The standard InChI is InChI=1S/C12H19FN2O2S/c1-8(2)9(3)15-18(16,17)12-6-10(7-14)4-5-11(12)13/h4-6,8-9,15H,7,14H2,1-3H3. The van der Waals surface area contributed by atoms with Gasteiger partial charge in [-0.3, -0.25) is 0 Å². The summed E-state index contributed by atoms with van der Waals surface area (Å²) < 4.78 is 40.1. The molecule has 1 rings (SSSR count). The molecule has 0 saturated carbocycles. The summed E-state index contributed by atoms with van der Waals surface area (Å²) in [5, 5.41) is 0. The molecule has 0 aliphatic heterocycles. The summed E-state index contributed by atoms with van der Waals surface area (Å²) in [6.07, 6.45) is 0. The van der Waals surface area contributed by atoms with Crippen LogP contribution in [0.15, 0.2) is 23.1 Å². The van der Waals surface area contributed by atoms with Gasteiger partial charge in [0, 0.05) is 12.6 Å². The van der Waals surface area contributed by atoms with Crippen LogP contribution in [0.5, 0.6) is 0 Å². The average Bonchev–Trinajstić information content (AvgIpc) is 2.28. The predicted octanol–water partition coefficient (Wildman–Crippen LogP) is 1.61. The molecule has 102 valence electrons. The quantitative estimate of drug-likeness (QED) is 0.856. The molecule has 0 bridgehead atoms. The van der Waals surface area contributed by atoms with Gasteiger partial charge in [0.25, 0.3) is 0 Å². The van der Waals surface area contributed by atoms with Gasteiger partial charge in [-0.2, -0.15) is 0 Å². The molecule has 0 radical (unpaired) electrons. The maximum Gasteiger partial charge on any atom is 0.243 e. The molecule has 1 aromatic rings. The van der Waals surface area contributed by atoms with Crippen molar-refractivity contribution in [1.29, 1.82) is 0 Å². The fourth-order valence-electron chi connectivity index (χ4n) is 1.32. The lowest BCUT2D eigenvalue weighted by molar-refractivity contribution is 0.473. The molecule has 3 N–H and O–H groups in total. The molecule has 6 heteroatoms. The van der Waals surface area contributed by atoms with Crippen molar-refractivity contribution in [3.05, 3.63) is 29.6 Å². The van der Waals surface area contributed by atoms with Crippen LogP contribution in [-0.2, 0) is 16.6 Å². The highest BCUT2D eigenvalue weighted by Gasteiger charge is 2.22. The summed E-state index contributed by atoms with van der Waals surface area (Å²) in [5.74, 6) is -0.642. The number of benzene rings is 1. The number of rotatable bonds is 5. The largest absolute Gasteiger partial charge is 0.326 e. The topological polar surface area (TPSA) is 72.2 Å². The minimum absolute atomic E-state index is 0.125. The number of sulfonamides is 1. The second-order valence-electron chi connectivity index (χ2n) is 4.62. The van der Waals surface area contributed by atoms with E-state index in [0.29, 0.717) is 5.56 Å². The predicted molar refractivity (Wildman–Crippen MR) is 68.9 cm³/mol. The van der Waals surface area contributed by atoms with Crippen molar-refractivity contribution in [3.8, 4) is 0 Å². The lowest BCUT2D eigenvalue weighted by Crippen LogP contribution is -2.36. The van der Waals surface area contributed by atoms with Crippen LogP contribution in [0.3, 0.4) is 0 Å². The number of nitrogens with one attached hydrogen (secondary N) is 1. The van der Waals surface area contributed by atoms with Crippen LogP contribution in [0.4, 0.5) is 4.39 Å². The summed E-state index contributed by atoms with van der Waals surface area (Å²) in [6.45, 7) is 5.69. The fraction of sp³-hybridized carbons (Fsp3) is 0.500. The number of hydrogen-bond acceptors (Lipinski definition) is 3. The van der Waals surface area contributed by atoms with Crippen LogP contribution >= 0.6 is 0 Å². The van der Waals surface area contributed by atoms with Crippen molar-refractivity contribution < 1.29 is 12.8 Å². The van der Waals surface area contributed by atoms with E-state index in [1.165, 1.54) is 12.1 Å². The molecule has 0 aromatic heterocycles. The first kappa shape index (κ1) is 15.1. The highest BCUT2D eigenvalue weighted by molar-refractivity contribution is 7.89. The van der Waals surface area contributed by atoms with Gasteiger partial charge < -0.3 is 5.73 Å². The van der Waals surface area contributed by atoms with Crippen molar-refractivity contribution in [1.82, 2.24) is 4.72 Å². The summed E-state index contributed by atoms with van der Waals surface area (Å²) >= 11 is 0. The molecule has 0 saturated heterocycles. The Morgan fingerprint density at radius 3 is 2.44 bits per heavy atom. The van der Waals surface area contributed by atoms with Crippen LogP contribution in [0.25, 0.3) is 0 Å². The lowest BCUT2D eigenvalue weighted by atomic mass is 10.1. The molecule has 0 fully saturated rings. The number of nitrogens with two attached hydrogens (primary N) is 1. The second-order valence-corrected chi connectivity index (χ2v) is 6.31. The number of hydrogen-bond donors (Lipinski definition) is 2. The van der Waals surface area contributed by atoms with Crippen molar-refractivity contribution in [3.63, 3.8) is 0 Å². The van der Waals surface area contributed by atoms with Crippen LogP contribution < -0.4 is 10.5 Å². The summed E-state index contributed by atoms with van der Waals surface area (Å²) in [6, 6.07) is 3.60. The smallest absolute Gasteiger partial charge is 0.243 e. The first-order valence-corrected chi connectivity index (χ1v) is 7.27. The summed E-state index contributed by atoms with van der Waals surface area (Å²) in [4.78, 5) is -0.349. The normalized spacial score (nSPS) is 13.9. The van der Waals surface area contributed by atoms with Crippen LogP contribution in [-0.4, -0.2) is 14.5 Å². The van der Waals surface area contributed by atoms with E-state index in [4.69, 9.17) is 5.73 Å². The molecule has 0 aliphatic rings. The molecule has 1 aromatic carbocycles. The number of halogens is 1.